The van der Waals surface area contributed by atoms with E-state index in [-0.39, 0.29) is 0 Å². The minimum Gasteiger partial charge on any atom is -0.363 e. The smallest absolute Gasteiger partial charge is 0.128 e. The van der Waals surface area contributed by atoms with E-state index in [2.05, 4.69) is 28.4 Å². The molecular weight excluding hydrogens is 186 g/mol. The molecule has 0 radical (unpaired) electrons. The number of nitrogens with zero attached hydrogens (tertiary/aromatic N) is 2. The van der Waals surface area contributed by atoms with Gasteiger partial charge in [0.15, 0.2) is 0 Å². The van der Waals surface area contributed by atoms with Crippen LogP contribution < -0.4 is 10.2 Å². The zero-order valence-corrected chi connectivity index (χ0v) is 9.53. The molecule has 0 spiro atoms. The van der Waals surface area contributed by atoms with E-state index in [1.807, 2.05) is 14.1 Å². The first-order valence-electron chi connectivity index (χ1n) is 5.62. The van der Waals surface area contributed by atoms with Crippen molar-refractivity contribution in [3.63, 3.8) is 0 Å². The van der Waals surface area contributed by atoms with E-state index in [1.165, 1.54) is 18.5 Å². The summed E-state index contributed by atoms with van der Waals surface area (Å²) in [5.41, 5.74) is 1.25. The molecule has 0 unspecified atom stereocenters. The molecule has 1 aromatic rings. The van der Waals surface area contributed by atoms with Gasteiger partial charge in [-0.2, -0.15) is 0 Å². The number of rotatable bonds is 2. The van der Waals surface area contributed by atoms with Gasteiger partial charge in [-0.3, -0.25) is 0 Å². The Morgan fingerprint density at radius 3 is 2.67 bits per heavy atom. The van der Waals surface area contributed by atoms with Gasteiger partial charge in [0, 0.05) is 25.7 Å². The first-order valence-corrected chi connectivity index (χ1v) is 5.62. The van der Waals surface area contributed by atoms with Crippen LogP contribution in [0.2, 0.25) is 0 Å². The molecule has 0 atom stereocenters. The Hall–Kier alpha value is -1.09. The highest BCUT2D eigenvalue weighted by molar-refractivity contribution is 5.37. The molecule has 0 saturated carbocycles. The van der Waals surface area contributed by atoms with E-state index in [0.717, 1.165) is 18.9 Å². The molecule has 3 nitrogen and oxygen atoms in total. The molecule has 1 fully saturated rings. The highest BCUT2D eigenvalue weighted by Gasteiger charge is 2.16. The van der Waals surface area contributed by atoms with Crippen LogP contribution in [-0.4, -0.2) is 32.2 Å². The monoisotopic (exact) mass is 205 g/mol. The largest absolute Gasteiger partial charge is 0.363 e. The minimum absolute atomic E-state index is 0.645. The number of nitrogens with one attached hydrogen (secondary N) is 1. The summed E-state index contributed by atoms with van der Waals surface area (Å²) < 4.78 is 0. The Balaban J connectivity index is 2.16. The summed E-state index contributed by atoms with van der Waals surface area (Å²) in [4.78, 5) is 6.75. The topological polar surface area (TPSA) is 28.2 Å². The number of hydrogen-bond donors (Lipinski definition) is 1. The molecule has 1 N–H and O–H groups in total. The third kappa shape index (κ3) is 2.48. The quantitative estimate of drug-likeness (QED) is 0.795. The summed E-state index contributed by atoms with van der Waals surface area (Å²) in [7, 11) is 4.07. The molecule has 2 heterocycles. The molecule has 3 heteroatoms. The lowest BCUT2D eigenvalue weighted by molar-refractivity contribution is 0.453. The maximum absolute atomic E-state index is 4.69. The lowest BCUT2D eigenvalue weighted by Gasteiger charge is -2.23. The molecule has 0 amide bonds. The molecule has 2 rings (SSSR count). The summed E-state index contributed by atoms with van der Waals surface area (Å²) in [5.74, 6) is 1.71. The van der Waals surface area contributed by atoms with Crippen LogP contribution in [0.1, 0.15) is 24.5 Å². The summed E-state index contributed by atoms with van der Waals surface area (Å²) in [5, 5.41) is 3.38. The number of anilines is 1. The number of hydrogen-bond acceptors (Lipinski definition) is 3. The average Bonchev–Trinajstić information content (AvgIpc) is 2.30. The van der Waals surface area contributed by atoms with Gasteiger partial charge in [-0.05, 0) is 38.1 Å². The second-order valence-electron chi connectivity index (χ2n) is 4.34. The first kappa shape index (κ1) is 10.4. The molecule has 1 aliphatic rings. The maximum Gasteiger partial charge on any atom is 0.128 e. The first-order chi connectivity index (χ1) is 7.27. The van der Waals surface area contributed by atoms with Crippen LogP contribution in [0.3, 0.4) is 0 Å². The van der Waals surface area contributed by atoms with E-state index in [1.54, 1.807) is 0 Å². The third-order valence-electron chi connectivity index (χ3n) is 2.97. The summed E-state index contributed by atoms with van der Waals surface area (Å²) in [6.07, 6.45) is 2.42. The second kappa shape index (κ2) is 4.62. The minimum atomic E-state index is 0.645. The van der Waals surface area contributed by atoms with Gasteiger partial charge in [0.05, 0.1) is 0 Å². The molecule has 15 heavy (non-hydrogen) atoms. The average molecular weight is 205 g/mol. The number of piperidine rings is 1. The molecule has 1 aliphatic heterocycles. The van der Waals surface area contributed by atoms with Crippen LogP contribution in [0.4, 0.5) is 5.82 Å². The van der Waals surface area contributed by atoms with Crippen molar-refractivity contribution in [1.29, 1.82) is 0 Å². The van der Waals surface area contributed by atoms with Gasteiger partial charge in [-0.15, -0.1) is 0 Å². The van der Waals surface area contributed by atoms with Crippen LogP contribution in [-0.2, 0) is 0 Å². The van der Waals surface area contributed by atoms with Crippen molar-refractivity contribution in [1.82, 2.24) is 10.3 Å². The molecule has 0 aromatic carbocycles. The Labute approximate surface area is 91.5 Å². The fourth-order valence-electron chi connectivity index (χ4n) is 2.03. The second-order valence-corrected chi connectivity index (χ2v) is 4.34. The van der Waals surface area contributed by atoms with Crippen molar-refractivity contribution in [2.75, 3.05) is 32.1 Å². The predicted molar refractivity (Wildman–Crippen MR) is 63.4 cm³/mol. The fraction of sp³-hybridized carbons (Fsp3) is 0.583. The fourth-order valence-corrected chi connectivity index (χ4v) is 2.03. The zero-order chi connectivity index (χ0) is 10.7. The third-order valence-corrected chi connectivity index (χ3v) is 2.97. The highest BCUT2D eigenvalue weighted by atomic mass is 15.1. The molecule has 1 saturated heterocycles. The van der Waals surface area contributed by atoms with Gasteiger partial charge in [-0.25, -0.2) is 4.98 Å². The van der Waals surface area contributed by atoms with E-state index in [4.69, 9.17) is 4.98 Å². The van der Waals surface area contributed by atoms with Crippen molar-refractivity contribution in [3.8, 4) is 0 Å². The van der Waals surface area contributed by atoms with Crippen LogP contribution >= 0.6 is 0 Å². The van der Waals surface area contributed by atoms with E-state index in [9.17, 15) is 0 Å². The van der Waals surface area contributed by atoms with Crippen LogP contribution in [0, 0.1) is 0 Å². The summed E-state index contributed by atoms with van der Waals surface area (Å²) in [6.45, 7) is 2.25. The molecular formula is C12H19N3. The van der Waals surface area contributed by atoms with Gasteiger partial charge in [0.25, 0.3) is 0 Å². The molecule has 0 bridgehead atoms. The number of aromatic nitrogens is 1. The summed E-state index contributed by atoms with van der Waals surface area (Å²) in [6, 6.07) is 6.33. The van der Waals surface area contributed by atoms with Crippen LogP contribution in [0.5, 0.6) is 0 Å². The zero-order valence-electron chi connectivity index (χ0n) is 9.53. The molecule has 82 valence electrons. The highest BCUT2D eigenvalue weighted by Crippen LogP contribution is 2.24. The van der Waals surface area contributed by atoms with Gasteiger partial charge in [0.1, 0.15) is 5.82 Å². The van der Waals surface area contributed by atoms with Gasteiger partial charge >= 0.3 is 0 Å². The molecule has 1 aromatic heterocycles. The van der Waals surface area contributed by atoms with Gasteiger partial charge in [0.2, 0.25) is 0 Å². The summed E-state index contributed by atoms with van der Waals surface area (Å²) >= 11 is 0. The number of pyridine rings is 1. The normalized spacial score (nSPS) is 17.7. The van der Waals surface area contributed by atoms with E-state index < -0.39 is 0 Å². The van der Waals surface area contributed by atoms with Crippen molar-refractivity contribution in [2.24, 2.45) is 0 Å². The van der Waals surface area contributed by atoms with Crippen molar-refractivity contribution in [2.45, 2.75) is 18.8 Å². The Morgan fingerprint density at radius 2 is 2.00 bits per heavy atom. The molecule has 0 aliphatic carbocycles. The van der Waals surface area contributed by atoms with Gasteiger partial charge < -0.3 is 10.2 Å². The Morgan fingerprint density at radius 1 is 1.27 bits per heavy atom. The van der Waals surface area contributed by atoms with Crippen LogP contribution in [0.25, 0.3) is 0 Å². The van der Waals surface area contributed by atoms with E-state index in [0.29, 0.717) is 5.92 Å². The van der Waals surface area contributed by atoms with Crippen LogP contribution in [0.15, 0.2) is 18.2 Å². The van der Waals surface area contributed by atoms with Gasteiger partial charge in [-0.1, -0.05) is 6.07 Å². The van der Waals surface area contributed by atoms with Crippen molar-refractivity contribution < 1.29 is 0 Å². The maximum atomic E-state index is 4.69. The lowest BCUT2D eigenvalue weighted by atomic mass is 9.94. The standard InChI is InChI=1S/C12H19N3/c1-15(2)12-5-3-4-11(14-12)10-6-8-13-9-7-10/h3-5,10,13H,6-9H2,1-2H3. The Bertz CT molecular complexity index is 316. The predicted octanol–water partition coefficient (Wildman–Crippen LogP) is 1.61. The lowest BCUT2D eigenvalue weighted by Crippen LogP contribution is -2.27. The van der Waals surface area contributed by atoms with Crippen molar-refractivity contribution >= 4 is 5.82 Å². The van der Waals surface area contributed by atoms with E-state index >= 15 is 0 Å². The SMILES string of the molecule is CN(C)c1cccc(C2CCNCC2)n1. The van der Waals surface area contributed by atoms with Crippen molar-refractivity contribution in [3.05, 3.63) is 23.9 Å². The Kier molecular flexibility index (Phi) is 3.21.